The highest BCUT2D eigenvalue weighted by Gasteiger charge is 2.33. The Morgan fingerprint density at radius 1 is 1.69 bits per heavy atom. The predicted molar refractivity (Wildman–Crippen MR) is 42.4 cm³/mol. The van der Waals surface area contributed by atoms with Crippen LogP contribution in [0.1, 0.15) is 6.42 Å². The van der Waals surface area contributed by atoms with Crippen molar-refractivity contribution < 1.29 is 14.1 Å². The molecule has 4 nitrogen and oxygen atoms in total. The van der Waals surface area contributed by atoms with Gasteiger partial charge in [-0.15, -0.1) is 0 Å². The fourth-order valence-corrected chi connectivity index (χ4v) is 1.31. The summed E-state index contributed by atoms with van der Waals surface area (Å²) in [4.78, 5) is 9.72. The van der Waals surface area contributed by atoms with Crippen molar-refractivity contribution >= 4 is 0 Å². The van der Waals surface area contributed by atoms with E-state index in [0.717, 1.165) is 5.57 Å². The molecule has 1 unspecified atom stereocenters. The SMILES string of the molecule is O=[N+]([O-])C1=CC([C@@H]2CO2)=CCC1F. The van der Waals surface area contributed by atoms with Gasteiger partial charge in [0, 0.05) is 12.5 Å². The molecule has 0 spiro atoms. The molecular weight excluding hydrogens is 177 g/mol. The standard InChI is InChI=1S/C8H8FNO3/c9-6-2-1-5(8-4-13-8)3-7(6)10(11)12/h1,3,6,8H,2,4H2/t6?,8-/m0/s1. The fourth-order valence-electron chi connectivity index (χ4n) is 1.31. The molecule has 5 heteroatoms. The van der Waals surface area contributed by atoms with Crippen LogP contribution >= 0.6 is 0 Å². The minimum Gasteiger partial charge on any atom is -0.368 e. The van der Waals surface area contributed by atoms with Crippen LogP contribution < -0.4 is 0 Å². The molecule has 0 radical (unpaired) electrons. The highest BCUT2D eigenvalue weighted by molar-refractivity contribution is 5.32. The third-order valence-corrected chi connectivity index (χ3v) is 2.11. The van der Waals surface area contributed by atoms with E-state index in [-0.39, 0.29) is 18.2 Å². The third kappa shape index (κ3) is 1.60. The normalized spacial score (nSPS) is 32.1. The number of alkyl halides is 1. The second-order valence-corrected chi connectivity index (χ2v) is 3.06. The van der Waals surface area contributed by atoms with E-state index in [2.05, 4.69) is 0 Å². The van der Waals surface area contributed by atoms with E-state index in [9.17, 15) is 14.5 Å². The van der Waals surface area contributed by atoms with E-state index in [1.807, 2.05) is 0 Å². The van der Waals surface area contributed by atoms with Gasteiger partial charge < -0.3 is 4.74 Å². The molecule has 1 aliphatic carbocycles. The fraction of sp³-hybridized carbons (Fsp3) is 0.500. The van der Waals surface area contributed by atoms with Gasteiger partial charge in [-0.3, -0.25) is 10.1 Å². The maximum absolute atomic E-state index is 13.0. The van der Waals surface area contributed by atoms with Crippen molar-refractivity contribution in [2.75, 3.05) is 6.61 Å². The minimum atomic E-state index is -1.47. The summed E-state index contributed by atoms with van der Waals surface area (Å²) in [6.45, 7) is 0.588. The van der Waals surface area contributed by atoms with Gasteiger partial charge in [0.1, 0.15) is 6.10 Å². The van der Waals surface area contributed by atoms with Gasteiger partial charge in [-0.25, -0.2) is 4.39 Å². The average Bonchev–Trinajstić information content (AvgIpc) is 2.87. The number of nitrogens with zero attached hydrogens (tertiary/aromatic N) is 1. The zero-order valence-corrected chi connectivity index (χ0v) is 6.77. The Balaban J connectivity index is 2.21. The molecule has 2 rings (SSSR count). The highest BCUT2D eigenvalue weighted by Crippen LogP contribution is 2.28. The van der Waals surface area contributed by atoms with E-state index in [0.29, 0.717) is 6.61 Å². The molecule has 2 aliphatic rings. The molecule has 2 atom stereocenters. The second-order valence-electron chi connectivity index (χ2n) is 3.06. The predicted octanol–water partition coefficient (Wildman–Crippen LogP) is 1.21. The lowest BCUT2D eigenvalue weighted by molar-refractivity contribution is -0.433. The lowest BCUT2D eigenvalue weighted by Crippen LogP contribution is -2.16. The molecule has 0 amide bonds. The van der Waals surface area contributed by atoms with Crippen molar-refractivity contribution in [2.45, 2.75) is 18.7 Å². The molecule has 1 fully saturated rings. The van der Waals surface area contributed by atoms with E-state index in [1.54, 1.807) is 6.08 Å². The van der Waals surface area contributed by atoms with Gasteiger partial charge >= 0.3 is 0 Å². The Kier molecular flexibility index (Phi) is 1.88. The molecule has 1 aliphatic heterocycles. The maximum atomic E-state index is 13.0. The lowest BCUT2D eigenvalue weighted by Gasteiger charge is -2.09. The van der Waals surface area contributed by atoms with Gasteiger partial charge in [-0.2, -0.15) is 0 Å². The van der Waals surface area contributed by atoms with Crippen LogP contribution in [0, 0.1) is 10.1 Å². The van der Waals surface area contributed by atoms with Crippen LogP contribution in [0.2, 0.25) is 0 Å². The maximum Gasteiger partial charge on any atom is 0.280 e. The van der Waals surface area contributed by atoms with E-state index < -0.39 is 11.1 Å². The van der Waals surface area contributed by atoms with Gasteiger partial charge in [0.2, 0.25) is 0 Å². The Morgan fingerprint density at radius 2 is 2.38 bits per heavy atom. The minimum absolute atomic E-state index is 0.0394. The first-order valence-electron chi connectivity index (χ1n) is 4.00. The van der Waals surface area contributed by atoms with Crippen molar-refractivity contribution in [3.05, 3.63) is 33.5 Å². The molecule has 0 aromatic rings. The van der Waals surface area contributed by atoms with Crippen LogP contribution in [0.5, 0.6) is 0 Å². The summed E-state index contributed by atoms with van der Waals surface area (Å²) in [6.07, 6.45) is 1.52. The van der Waals surface area contributed by atoms with Gasteiger partial charge in [-0.05, 0) is 5.57 Å². The van der Waals surface area contributed by atoms with Crippen LogP contribution in [0.25, 0.3) is 0 Å². The molecule has 0 aromatic heterocycles. The molecule has 1 saturated heterocycles. The van der Waals surface area contributed by atoms with Crippen LogP contribution in [-0.4, -0.2) is 23.8 Å². The number of allylic oxidation sites excluding steroid dienone is 2. The quantitative estimate of drug-likeness (QED) is 0.369. The molecule has 0 saturated carbocycles. The van der Waals surface area contributed by atoms with E-state index >= 15 is 0 Å². The molecule has 1 heterocycles. The molecular formula is C8H8FNO3. The van der Waals surface area contributed by atoms with Crippen molar-refractivity contribution in [1.82, 2.24) is 0 Å². The van der Waals surface area contributed by atoms with Gasteiger partial charge in [0.15, 0.2) is 6.17 Å². The number of hydrogen-bond donors (Lipinski definition) is 0. The summed E-state index contributed by atoms with van der Waals surface area (Å²) in [5.74, 6) is 0. The van der Waals surface area contributed by atoms with Crippen LogP contribution in [-0.2, 0) is 4.74 Å². The number of halogens is 1. The molecule has 0 aromatic carbocycles. The second kappa shape index (κ2) is 2.92. The summed E-state index contributed by atoms with van der Waals surface area (Å²) < 4.78 is 17.9. The number of hydrogen-bond acceptors (Lipinski definition) is 3. The average molecular weight is 185 g/mol. The van der Waals surface area contributed by atoms with Crippen LogP contribution in [0.4, 0.5) is 4.39 Å². The third-order valence-electron chi connectivity index (χ3n) is 2.11. The first-order valence-corrected chi connectivity index (χ1v) is 4.00. The van der Waals surface area contributed by atoms with Crippen molar-refractivity contribution in [3.63, 3.8) is 0 Å². The summed E-state index contributed by atoms with van der Waals surface area (Å²) >= 11 is 0. The Morgan fingerprint density at radius 3 is 2.92 bits per heavy atom. The number of rotatable bonds is 2. The molecule has 0 N–H and O–H groups in total. The smallest absolute Gasteiger partial charge is 0.280 e. The zero-order valence-electron chi connectivity index (χ0n) is 6.77. The Hall–Kier alpha value is -1.23. The highest BCUT2D eigenvalue weighted by atomic mass is 19.1. The Labute approximate surface area is 73.8 Å². The Bertz CT molecular complexity index is 307. The van der Waals surface area contributed by atoms with Gasteiger partial charge in [0.05, 0.1) is 11.5 Å². The summed E-state index contributed by atoms with van der Waals surface area (Å²) in [5.41, 5.74) is 0.383. The van der Waals surface area contributed by atoms with Crippen molar-refractivity contribution in [2.24, 2.45) is 0 Å². The molecule has 0 bridgehead atoms. The van der Waals surface area contributed by atoms with Crippen molar-refractivity contribution in [1.29, 1.82) is 0 Å². The number of ether oxygens (including phenoxy) is 1. The first-order chi connectivity index (χ1) is 6.18. The first kappa shape index (κ1) is 8.37. The molecule has 13 heavy (non-hydrogen) atoms. The zero-order chi connectivity index (χ0) is 9.42. The van der Waals surface area contributed by atoms with Crippen LogP contribution in [0.15, 0.2) is 23.4 Å². The largest absolute Gasteiger partial charge is 0.368 e. The topological polar surface area (TPSA) is 55.7 Å². The number of nitro groups is 1. The van der Waals surface area contributed by atoms with Gasteiger partial charge in [-0.1, -0.05) is 6.08 Å². The lowest BCUT2D eigenvalue weighted by atomic mass is 10.0. The van der Waals surface area contributed by atoms with Crippen LogP contribution in [0.3, 0.4) is 0 Å². The monoisotopic (exact) mass is 185 g/mol. The van der Waals surface area contributed by atoms with Gasteiger partial charge in [0.25, 0.3) is 5.70 Å². The summed E-state index contributed by atoms with van der Waals surface area (Å²) in [5, 5.41) is 10.4. The summed E-state index contributed by atoms with van der Waals surface area (Å²) in [7, 11) is 0. The van der Waals surface area contributed by atoms with E-state index in [1.165, 1.54) is 6.08 Å². The molecule has 70 valence electrons. The number of epoxide rings is 1. The summed E-state index contributed by atoms with van der Waals surface area (Å²) in [6, 6.07) is 0. The van der Waals surface area contributed by atoms with Crippen molar-refractivity contribution in [3.8, 4) is 0 Å². The van der Waals surface area contributed by atoms with E-state index in [4.69, 9.17) is 4.74 Å².